The highest BCUT2D eigenvalue weighted by molar-refractivity contribution is 7.26. The van der Waals surface area contributed by atoms with Crippen molar-refractivity contribution in [2.75, 3.05) is 5.73 Å². The molecule has 0 aliphatic rings. The van der Waals surface area contributed by atoms with E-state index in [1.165, 1.54) is 30.9 Å². The van der Waals surface area contributed by atoms with Crippen LogP contribution in [0.15, 0.2) is 140 Å². The molecule has 0 saturated carbocycles. The lowest BCUT2D eigenvalue weighted by molar-refractivity contribution is 0.955. The summed E-state index contributed by atoms with van der Waals surface area (Å²) in [6.45, 7) is 0. The van der Waals surface area contributed by atoms with Crippen LogP contribution in [-0.2, 0) is 0 Å². The minimum atomic E-state index is 0.591. The van der Waals surface area contributed by atoms with Gasteiger partial charge < -0.3 is 5.73 Å². The molecule has 0 spiro atoms. The summed E-state index contributed by atoms with van der Waals surface area (Å²) in [4.78, 5) is 15.4. The van der Waals surface area contributed by atoms with Crippen molar-refractivity contribution in [3.05, 3.63) is 140 Å². The summed E-state index contributed by atoms with van der Waals surface area (Å²) in [6, 6.07) is 48.0. The lowest BCUT2D eigenvalue weighted by atomic mass is 10.0. The second kappa shape index (κ2) is 10.1. The Labute approximate surface area is 262 Å². The molecule has 0 unspecified atom stereocenters. The molecular formula is C39H25N5S. The third-order valence-electron chi connectivity index (χ3n) is 8.40. The number of nitrogen functional groups attached to an aromatic ring is 1. The van der Waals surface area contributed by atoms with Crippen LogP contribution >= 0.6 is 11.3 Å². The minimum Gasteiger partial charge on any atom is -0.399 e. The lowest BCUT2D eigenvalue weighted by Gasteiger charge is -2.12. The fourth-order valence-corrected chi connectivity index (χ4v) is 7.50. The number of nitrogens with zero attached hydrogens (tertiary/aromatic N) is 4. The highest BCUT2D eigenvalue weighted by Crippen LogP contribution is 2.42. The van der Waals surface area contributed by atoms with Gasteiger partial charge in [0.2, 0.25) is 5.95 Å². The molecule has 0 fully saturated rings. The predicted octanol–water partition coefficient (Wildman–Crippen LogP) is 9.92. The first-order valence-corrected chi connectivity index (χ1v) is 15.6. The molecule has 3 aromatic heterocycles. The summed E-state index contributed by atoms with van der Waals surface area (Å²) in [5.41, 5.74) is 12.9. The monoisotopic (exact) mass is 595 g/mol. The Hall–Kier alpha value is -5.85. The molecule has 0 bridgehead atoms. The summed E-state index contributed by atoms with van der Waals surface area (Å²) in [7, 11) is 0. The van der Waals surface area contributed by atoms with E-state index >= 15 is 0 Å². The Morgan fingerprint density at radius 3 is 2.00 bits per heavy atom. The first-order valence-electron chi connectivity index (χ1n) is 14.8. The number of hydrogen-bond donors (Lipinski definition) is 1. The largest absolute Gasteiger partial charge is 0.399 e. The SMILES string of the molecule is Nc1ccc(-c2cccc(-c3nc(-c4ccccc4)nc(-n4c5ccccc5c5ccc6c7ccccc7sc6c54)n3)c2)cc1. The van der Waals surface area contributed by atoms with Crippen LogP contribution in [0.1, 0.15) is 0 Å². The lowest BCUT2D eigenvalue weighted by Crippen LogP contribution is -2.06. The quantitative estimate of drug-likeness (QED) is 0.206. The average Bonchev–Trinajstić information content (AvgIpc) is 3.65. The number of fused-ring (bicyclic) bond motifs is 7. The third kappa shape index (κ3) is 4.18. The smallest absolute Gasteiger partial charge is 0.238 e. The molecule has 9 aromatic rings. The van der Waals surface area contributed by atoms with Gasteiger partial charge in [0.05, 0.1) is 15.7 Å². The number of hydrogen-bond acceptors (Lipinski definition) is 5. The van der Waals surface area contributed by atoms with E-state index in [1.807, 2.05) is 72.0 Å². The zero-order valence-corrected chi connectivity index (χ0v) is 24.9. The molecule has 0 aliphatic heterocycles. The van der Waals surface area contributed by atoms with Gasteiger partial charge >= 0.3 is 0 Å². The van der Waals surface area contributed by atoms with Gasteiger partial charge in [0.15, 0.2) is 11.6 Å². The van der Waals surface area contributed by atoms with E-state index < -0.39 is 0 Å². The Kier molecular flexibility index (Phi) is 5.76. The van der Waals surface area contributed by atoms with E-state index in [0.29, 0.717) is 17.6 Å². The van der Waals surface area contributed by atoms with E-state index in [-0.39, 0.29) is 0 Å². The number of thiophene rings is 1. The van der Waals surface area contributed by atoms with Gasteiger partial charge in [0.1, 0.15) is 0 Å². The fraction of sp³-hybridized carbons (Fsp3) is 0. The van der Waals surface area contributed by atoms with Crippen LogP contribution in [0.4, 0.5) is 5.69 Å². The number of anilines is 1. The summed E-state index contributed by atoms with van der Waals surface area (Å²) in [5, 5.41) is 4.84. The molecule has 0 aliphatic carbocycles. The molecule has 0 radical (unpaired) electrons. The van der Waals surface area contributed by atoms with Gasteiger partial charge in [-0.15, -0.1) is 11.3 Å². The van der Waals surface area contributed by atoms with Crippen molar-refractivity contribution >= 4 is 59.0 Å². The van der Waals surface area contributed by atoms with Gasteiger partial charge in [-0.05, 0) is 41.5 Å². The normalized spacial score (nSPS) is 11.6. The number of para-hydroxylation sites is 1. The molecule has 2 N–H and O–H groups in total. The van der Waals surface area contributed by atoms with Gasteiger partial charge in [0.25, 0.3) is 0 Å². The molecular weight excluding hydrogens is 571 g/mol. The van der Waals surface area contributed by atoms with Gasteiger partial charge in [-0.2, -0.15) is 9.97 Å². The number of nitrogens with two attached hydrogens (primary N) is 1. The fourth-order valence-electron chi connectivity index (χ4n) is 6.26. The average molecular weight is 596 g/mol. The molecule has 3 heterocycles. The highest BCUT2D eigenvalue weighted by Gasteiger charge is 2.21. The number of aromatic nitrogens is 4. The molecule has 0 saturated heterocycles. The summed E-state index contributed by atoms with van der Waals surface area (Å²) >= 11 is 1.82. The molecule has 6 heteroatoms. The van der Waals surface area contributed by atoms with Crippen LogP contribution in [0.5, 0.6) is 0 Å². The van der Waals surface area contributed by atoms with Crippen molar-refractivity contribution in [1.82, 2.24) is 19.5 Å². The number of rotatable bonds is 4. The molecule has 5 nitrogen and oxygen atoms in total. The topological polar surface area (TPSA) is 69.6 Å². The maximum Gasteiger partial charge on any atom is 0.238 e. The number of benzene rings is 6. The molecule has 0 atom stereocenters. The Bertz CT molecular complexity index is 2550. The van der Waals surface area contributed by atoms with Crippen molar-refractivity contribution in [1.29, 1.82) is 0 Å². The molecule has 212 valence electrons. The summed E-state index contributed by atoms with van der Waals surface area (Å²) in [6.07, 6.45) is 0. The molecule has 9 rings (SSSR count). The Morgan fingerprint density at radius 1 is 0.489 bits per heavy atom. The zero-order chi connectivity index (χ0) is 29.9. The van der Waals surface area contributed by atoms with Crippen molar-refractivity contribution in [2.45, 2.75) is 0 Å². The van der Waals surface area contributed by atoms with Gasteiger partial charge in [-0.3, -0.25) is 4.57 Å². The van der Waals surface area contributed by atoms with Crippen LogP contribution in [-0.4, -0.2) is 19.5 Å². The molecule has 0 amide bonds. The minimum absolute atomic E-state index is 0.591. The Morgan fingerprint density at radius 2 is 1.16 bits per heavy atom. The Balaban J connectivity index is 1.35. The van der Waals surface area contributed by atoms with Crippen molar-refractivity contribution in [2.24, 2.45) is 0 Å². The maximum absolute atomic E-state index is 5.97. The van der Waals surface area contributed by atoms with Crippen LogP contribution in [0.25, 0.3) is 81.8 Å². The van der Waals surface area contributed by atoms with E-state index in [0.717, 1.165) is 39.0 Å². The predicted molar refractivity (Wildman–Crippen MR) is 188 cm³/mol. The highest BCUT2D eigenvalue weighted by atomic mass is 32.1. The van der Waals surface area contributed by atoms with E-state index in [1.54, 1.807) is 0 Å². The van der Waals surface area contributed by atoms with Crippen LogP contribution in [0.3, 0.4) is 0 Å². The van der Waals surface area contributed by atoms with Crippen LogP contribution in [0.2, 0.25) is 0 Å². The first-order chi connectivity index (χ1) is 22.2. The standard InChI is InChI=1S/C39H25N5S/c40-28-19-17-24(18-20-28)26-11-8-12-27(23-26)38-41-37(25-9-2-1-3-10-25)42-39(43-38)44-33-15-6-4-13-29(33)31-21-22-32-30-14-5-7-16-34(30)45-36(32)35(31)44/h1-23H,40H2. The molecule has 45 heavy (non-hydrogen) atoms. The molecule has 6 aromatic carbocycles. The van der Waals surface area contributed by atoms with E-state index in [4.69, 9.17) is 20.7 Å². The van der Waals surface area contributed by atoms with Crippen molar-refractivity contribution in [3.63, 3.8) is 0 Å². The van der Waals surface area contributed by atoms with E-state index in [2.05, 4.69) is 83.4 Å². The van der Waals surface area contributed by atoms with Gasteiger partial charge in [-0.25, -0.2) is 4.98 Å². The first kappa shape index (κ1) is 25.6. The summed E-state index contributed by atoms with van der Waals surface area (Å²) in [5.74, 6) is 1.83. The van der Waals surface area contributed by atoms with Gasteiger partial charge in [-0.1, -0.05) is 109 Å². The van der Waals surface area contributed by atoms with Crippen molar-refractivity contribution < 1.29 is 0 Å². The van der Waals surface area contributed by atoms with Crippen LogP contribution < -0.4 is 5.73 Å². The van der Waals surface area contributed by atoms with E-state index in [9.17, 15) is 0 Å². The third-order valence-corrected chi connectivity index (χ3v) is 9.59. The summed E-state index contributed by atoms with van der Waals surface area (Å²) < 4.78 is 4.71. The van der Waals surface area contributed by atoms with Crippen molar-refractivity contribution in [3.8, 4) is 39.9 Å². The maximum atomic E-state index is 5.97. The van der Waals surface area contributed by atoms with Gasteiger partial charge in [0, 0.05) is 43.1 Å². The van der Waals surface area contributed by atoms with Crippen LogP contribution in [0, 0.1) is 0 Å². The second-order valence-electron chi connectivity index (χ2n) is 11.1. The zero-order valence-electron chi connectivity index (χ0n) is 24.1. The second-order valence-corrected chi connectivity index (χ2v) is 12.2.